The highest BCUT2D eigenvalue weighted by atomic mass is 16.2. The van der Waals surface area contributed by atoms with Crippen LogP contribution in [0.5, 0.6) is 0 Å². The molecule has 34 heavy (non-hydrogen) atoms. The maximum Gasteiger partial charge on any atom is 0.246 e. The molecule has 0 unspecified atom stereocenters. The molecular formula is C27H32N4O3. The lowest BCUT2D eigenvalue weighted by Gasteiger charge is -2.38. The quantitative estimate of drug-likeness (QED) is 0.434. The predicted molar refractivity (Wildman–Crippen MR) is 132 cm³/mol. The number of aromatic amines is 1. The van der Waals surface area contributed by atoms with Gasteiger partial charge in [0.25, 0.3) is 0 Å². The molecule has 1 aliphatic rings. The average molecular weight is 461 g/mol. The summed E-state index contributed by atoms with van der Waals surface area (Å²) < 4.78 is 0. The third kappa shape index (κ3) is 4.69. The van der Waals surface area contributed by atoms with Crippen molar-refractivity contribution in [1.29, 1.82) is 0 Å². The molecule has 2 atom stereocenters. The van der Waals surface area contributed by atoms with Gasteiger partial charge < -0.3 is 21.4 Å². The predicted octanol–water partition coefficient (Wildman–Crippen LogP) is 2.69. The summed E-state index contributed by atoms with van der Waals surface area (Å²) in [6.07, 6.45) is 1.52. The van der Waals surface area contributed by atoms with Crippen LogP contribution in [0.2, 0.25) is 0 Å². The Hall–Kier alpha value is -3.61. The molecule has 178 valence electrons. The summed E-state index contributed by atoms with van der Waals surface area (Å²) in [4.78, 5) is 42.3. The van der Waals surface area contributed by atoms with Gasteiger partial charge in [-0.1, -0.05) is 61.9 Å². The third-order valence-corrected chi connectivity index (χ3v) is 6.74. The van der Waals surface area contributed by atoms with Crippen molar-refractivity contribution in [3.63, 3.8) is 0 Å². The fourth-order valence-electron chi connectivity index (χ4n) is 4.81. The number of fused-ring (bicyclic) bond motifs is 3. The summed E-state index contributed by atoms with van der Waals surface area (Å²) in [6.45, 7) is 5.65. The lowest BCUT2D eigenvalue weighted by molar-refractivity contribution is -0.136. The van der Waals surface area contributed by atoms with Crippen LogP contribution in [0.4, 0.5) is 0 Å². The van der Waals surface area contributed by atoms with E-state index in [4.69, 9.17) is 5.73 Å². The number of nitrogens with two attached hydrogens (primary N) is 1. The second-order valence-electron chi connectivity index (χ2n) is 9.69. The van der Waals surface area contributed by atoms with E-state index in [9.17, 15) is 14.4 Å². The van der Waals surface area contributed by atoms with E-state index >= 15 is 0 Å². The Bertz CT molecular complexity index is 1230. The van der Waals surface area contributed by atoms with Crippen molar-refractivity contribution in [2.75, 3.05) is 0 Å². The SMILES string of the molecule is Cc1ccc(CC(=O)N[C@]2(C(=O)N[C@H](C(N)=O)C(C)C)CCc3[nH]c4ccccc4c3C2)cc1. The van der Waals surface area contributed by atoms with Gasteiger partial charge in [0.05, 0.1) is 6.42 Å². The molecule has 4 rings (SSSR count). The number of para-hydroxylation sites is 1. The van der Waals surface area contributed by atoms with Gasteiger partial charge in [-0.05, 0) is 42.9 Å². The van der Waals surface area contributed by atoms with Crippen LogP contribution in [-0.2, 0) is 33.6 Å². The number of nitrogens with one attached hydrogen (secondary N) is 3. The Morgan fingerprint density at radius 2 is 1.79 bits per heavy atom. The Morgan fingerprint density at radius 1 is 1.09 bits per heavy atom. The van der Waals surface area contributed by atoms with Gasteiger partial charge in [0.15, 0.2) is 0 Å². The van der Waals surface area contributed by atoms with Gasteiger partial charge >= 0.3 is 0 Å². The second kappa shape index (κ2) is 9.33. The Kier molecular flexibility index (Phi) is 6.46. The minimum Gasteiger partial charge on any atom is -0.368 e. The molecule has 0 bridgehead atoms. The van der Waals surface area contributed by atoms with Crippen molar-refractivity contribution in [3.05, 3.63) is 70.9 Å². The largest absolute Gasteiger partial charge is 0.368 e. The fraction of sp³-hybridized carbons (Fsp3) is 0.370. The molecule has 2 aromatic carbocycles. The summed E-state index contributed by atoms with van der Waals surface area (Å²) in [5.74, 6) is -1.37. The highest BCUT2D eigenvalue weighted by molar-refractivity contribution is 5.96. The summed E-state index contributed by atoms with van der Waals surface area (Å²) in [7, 11) is 0. The highest BCUT2D eigenvalue weighted by Gasteiger charge is 2.45. The zero-order valence-electron chi connectivity index (χ0n) is 19.9. The van der Waals surface area contributed by atoms with Crippen LogP contribution in [0, 0.1) is 12.8 Å². The summed E-state index contributed by atoms with van der Waals surface area (Å²) in [5, 5.41) is 6.93. The van der Waals surface area contributed by atoms with E-state index in [0.29, 0.717) is 19.3 Å². The average Bonchev–Trinajstić information content (AvgIpc) is 3.16. The normalized spacial score (nSPS) is 18.4. The molecule has 7 heteroatoms. The minimum absolute atomic E-state index is 0.166. The Balaban J connectivity index is 1.66. The van der Waals surface area contributed by atoms with Crippen LogP contribution >= 0.6 is 0 Å². The molecule has 1 aromatic heterocycles. The van der Waals surface area contributed by atoms with Crippen LogP contribution in [0.25, 0.3) is 10.9 Å². The molecular weight excluding hydrogens is 428 g/mol. The molecule has 3 amide bonds. The number of carbonyl (C=O) groups excluding carboxylic acids is 3. The number of aryl methyl sites for hydroxylation is 2. The smallest absolute Gasteiger partial charge is 0.246 e. The van der Waals surface area contributed by atoms with E-state index in [0.717, 1.165) is 33.3 Å². The van der Waals surface area contributed by atoms with E-state index in [1.807, 2.05) is 69.3 Å². The van der Waals surface area contributed by atoms with Crippen LogP contribution in [0.15, 0.2) is 48.5 Å². The first-order valence-electron chi connectivity index (χ1n) is 11.7. The monoisotopic (exact) mass is 460 g/mol. The number of amides is 3. The van der Waals surface area contributed by atoms with Gasteiger partial charge in [-0.2, -0.15) is 0 Å². The van der Waals surface area contributed by atoms with Gasteiger partial charge in [0.2, 0.25) is 17.7 Å². The van der Waals surface area contributed by atoms with E-state index in [2.05, 4.69) is 15.6 Å². The standard InChI is InChI=1S/C27H32N4O3/c1-16(2)24(25(28)33)30-26(34)27(31-23(32)14-18-10-8-17(3)9-11-18)13-12-22-20(15-27)19-6-4-5-7-21(19)29-22/h4-11,16,24,29H,12-15H2,1-3H3,(H2,28,33)(H,30,34)(H,31,32)/t24-,27+/m0/s1. The number of primary amides is 1. The molecule has 0 saturated heterocycles. The van der Waals surface area contributed by atoms with Crippen molar-refractivity contribution < 1.29 is 14.4 Å². The van der Waals surface area contributed by atoms with Crippen LogP contribution in [-0.4, -0.2) is 34.3 Å². The number of hydrogen-bond donors (Lipinski definition) is 4. The van der Waals surface area contributed by atoms with E-state index < -0.39 is 17.5 Å². The number of carbonyl (C=O) groups is 3. The number of hydrogen-bond acceptors (Lipinski definition) is 3. The fourth-order valence-corrected chi connectivity index (χ4v) is 4.81. The maximum atomic E-state index is 13.7. The van der Waals surface area contributed by atoms with Crippen molar-refractivity contribution >= 4 is 28.6 Å². The first-order chi connectivity index (χ1) is 16.2. The molecule has 1 aliphatic carbocycles. The van der Waals surface area contributed by atoms with Crippen molar-refractivity contribution in [1.82, 2.24) is 15.6 Å². The zero-order valence-corrected chi connectivity index (χ0v) is 19.9. The first-order valence-corrected chi connectivity index (χ1v) is 11.7. The Labute approximate surface area is 199 Å². The maximum absolute atomic E-state index is 13.7. The second-order valence-corrected chi connectivity index (χ2v) is 9.69. The molecule has 0 saturated carbocycles. The molecule has 0 radical (unpaired) electrons. The van der Waals surface area contributed by atoms with E-state index in [-0.39, 0.29) is 24.2 Å². The molecule has 1 heterocycles. The molecule has 0 spiro atoms. The van der Waals surface area contributed by atoms with Gasteiger partial charge in [-0.25, -0.2) is 0 Å². The highest BCUT2D eigenvalue weighted by Crippen LogP contribution is 2.34. The van der Waals surface area contributed by atoms with Gasteiger partial charge in [0.1, 0.15) is 11.6 Å². The number of H-pyrrole nitrogens is 1. The van der Waals surface area contributed by atoms with Crippen LogP contribution in [0.1, 0.15) is 42.7 Å². The number of rotatable bonds is 7. The van der Waals surface area contributed by atoms with E-state index in [1.165, 1.54) is 0 Å². The van der Waals surface area contributed by atoms with Gasteiger partial charge in [0, 0.05) is 23.0 Å². The number of benzene rings is 2. The Morgan fingerprint density at radius 3 is 2.47 bits per heavy atom. The molecule has 3 aromatic rings. The summed E-state index contributed by atoms with van der Waals surface area (Å²) in [5.41, 5.74) is 9.48. The minimum atomic E-state index is -1.18. The van der Waals surface area contributed by atoms with Crippen molar-refractivity contribution in [3.8, 4) is 0 Å². The van der Waals surface area contributed by atoms with Crippen molar-refractivity contribution in [2.24, 2.45) is 11.7 Å². The topological polar surface area (TPSA) is 117 Å². The van der Waals surface area contributed by atoms with Gasteiger partial charge in [-0.15, -0.1) is 0 Å². The van der Waals surface area contributed by atoms with Crippen LogP contribution in [0.3, 0.4) is 0 Å². The lowest BCUT2D eigenvalue weighted by Crippen LogP contribution is -2.64. The molecule has 0 aliphatic heterocycles. The first kappa shape index (κ1) is 23.5. The summed E-state index contributed by atoms with van der Waals surface area (Å²) >= 11 is 0. The molecule has 5 N–H and O–H groups in total. The zero-order chi connectivity index (χ0) is 24.5. The number of aromatic nitrogens is 1. The van der Waals surface area contributed by atoms with E-state index in [1.54, 1.807) is 0 Å². The van der Waals surface area contributed by atoms with Crippen LogP contribution < -0.4 is 16.4 Å². The lowest BCUT2D eigenvalue weighted by atomic mass is 9.78. The molecule has 7 nitrogen and oxygen atoms in total. The van der Waals surface area contributed by atoms with Gasteiger partial charge in [-0.3, -0.25) is 14.4 Å². The third-order valence-electron chi connectivity index (χ3n) is 6.74. The summed E-state index contributed by atoms with van der Waals surface area (Å²) in [6, 6.07) is 14.9. The van der Waals surface area contributed by atoms with Crippen molar-refractivity contribution in [2.45, 2.75) is 58.0 Å². The molecule has 0 fully saturated rings.